The van der Waals surface area contributed by atoms with E-state index < -0.39 is 35.3 Å². The molecule has 1 aliphatic carbocycles. The Balaban J connectivity index is 1.48. The topological polar surface area (TPSA) is 61.8 Å². The van der Waals surface area contributed by atoms with Crippen LogP contribution in [-0.2, 0) is 14.2 Å². The van der Waals surface area contributed by atoms with Crippen molar-refractivity contribution in [1.82, 2.24) is 0 Å². The quantitative estimate of drug-likeness (QED) is 0.665. The normalized spacial score (nSPS) is 35.9. The van der Waals surface area contributed by atoms with Crippen molar-refractivity contribution in [2.75, 3.05) is 0 Å². The van der Waals surface area contributed by atoms with Gasteiger partial charge in [0.2, 0.25) is 0 Å². The smallest absolute Gasteiger partial charge is 0.338 e. The third-order valence-corrected chi connectivity index (χ3v) is 7.57. The van der Waals surface area contributed by atoms with Crippen molar-refractivity contribution in [2.45, 2.75) is 62.9 Å². The molecular formula is C26H28O5. The summed E-state index contributed by atoms with van der Waals surface area (Å²) in [6.07, 6.45) is 3.05. The van der Waals surface area contributed by atoms with Crippen LogP contribution < -0.4 is 0 Å². The predicted molar refractivity (Wildman–Crippen MR) is 115 cm³/mol. The van der Waals surface area contributed by atoms with Crippen LogP contribution in [0.15, 0.2) is 60.7 Å². The summed E-state index contributed by atoms with van der Waals surface area (Å²) in [6.45, 7) is 4.06. The molecule has 5 heteroatoms. The lowest BCUT2D eigenvalue weighted by Gasteiger charge is -2.46. The summed E-state index contributed by atoms with van der Waals surface area (Å²) in [4.78, 5) is 25.9. The van der Waals surface area contributed by atoms with Gasteiger partial charge in [-0.15, -0.1) is 0 Å². The van der Waals surface area contributed by atoms with Crippen LogP contribution in [0.2, 0.25) is 0 Å². The summed E-state index contributed by atoms with van der Waals surface area (Å²) in [5.41, 5.74) is -0.391. The Morgan fingerprint density at radius 3 is 1.52 bits per heavy atom. The first-order valence-corrected chi connectivity index (χ1v) is 11.2. The van der Waals surface area contributed by atoms with Gasteiger partial charge in [-0.05, 0) is 62.8 Å². The third-order valence-electron chi connectivity index (χ3n) is 7.57. The standard InChI is InChI=1S/C26H28O5/c1-25-19-15-9-10-16-20(19)26(2,31-25)22(30-24(28)18-13-7-4-8-14-18)21(25)29-23(27)17-11-5-3-6-12-17/h3-8,11-14,19-22H,9-10,15-16H2,1-2H3. The number of esters is 2. The summed E-state index contributed by atoms with van der Waals surface area (Å²) < 4.78 is 18.8. The molecule has 3 fully saturated rings. The van der Waals surface area contributed by atoms with Crippen LogP contribution in [0.25, 0.3) is 0 Å². The van der Waals surface area contributed by atoms with Gasteiger partial charge in [-0.2, -0.15) is 0 Å². The fourth-order valence-corrected chi connectivity index (χ4v) is 6.14. The molecule has 2 aromatic rings. The zero-order valence-electron chi connectivity index (χ0n) is 18.0. The molecule has 0 radical (unpaired) electrons. The summed E-state index contributed by atoms with van der Waals surface area (Å²) in [5.74, 6) is -0.266. The van der Waals surface area contributed by atoms with Crippen molar-refractivity contribution in [3.63, 3.8) is 0 Å². The van der Waals surface area contributed by atoms with Crippen LogP contribution in [0.3, 0.4) is 0 Å². The van der Waals surface area contributed by atoms with Gasteiger partial charge in [0.05, 0.1) is 11.1 Å². The van der Waals surface area contributed by atoms with Gasteiger partial charge >= 0.3 is 11.9 Å². The molecule has 0 amide bonds. The highest BCUT2D eigenvalue weighted by atomic mass is 16.7. The van der Waals surface area contributed by atoms with E-state index in [1.54, 1.807) is 48.5 Å². The van der Waals surface area contributed by atoms with Crippen molar-refractivity contribution in [3.8, 4) is 0 Å². The molecule has 2 heterocycles. The van der Waals surface area contributed by atoms with Crippen LogP contribution >= 0.6 is 0 Å². The van der Waals surface area contributed by atoms with Gasteiger partial charge in [-0.3, -0.25) is 0 Å². The van der Waals surface area contributed by atoms with E-state index in [9.17, 15) is 9.59 Å². The molecule has 2 aliphatic heterocycles. The van der Waals surface area contributed by atoms with Crippen molar-refractivity contribution in [1.29, 1.82) is 0 Å². The van der Waals surface area contributed by atoms with Gasteiger partial charge < -0.3 is 14.2 Å². The Bertz CT molecular complexity index is 894. The molecule has 1 saturated carbocycles. The molecule has 6 atom stereocenters. The molecule has 31 heavy (non-hydrogen) atoms. The van der Waals surface area contributed by atoms with E-state index in [0.717, 1.165) is 25.7 Å². The van der Waals surface area contributed by atoms with Crippen LogP contribution in [0.4, 0.5) is 0 Å². The Labute approximate surface area is 182 Å². The molecular weight excluding hydrogens is 392 g/mol. The molecule has 3 aliphatic rings. The summed E-state index contributed by atoms with van der Waals surface area (Å²) in [7, 11) is 0. The number of rotatable bonds is 4. The fourth-order valence-electron chi connectivity index (χ4n) is 6.14. The second kappa shape index (κ2) is 7.49. The summed E-state index contributed by atoms with van der Waals surface area (Å²) in [5, 5.41) is 0. The maximum Gasteiger partial charge on any atom is 0.338 e. The average molecular weight is 421 g/mol. The lowest BCUT2D eigenvalue weighted by atomic mass is 9.60. The summed E-state index contributed by atoms with van der Waals surface area (Å²) in [6, 6.07) is 17.9. The van der Waals surface area contributed by atoms with Crippen LogP contribution in [0.5, 0.6) is 0 Å². The number of hydrogen-bond donors (Lipinski definition) is 0. The number of carbonyl (C=O) groups excluding carboxylic acids is 2. The zero-order chi connectivity index (χ0) is 21.6. The maximum absolute atomic E-state index is 13.0. The Kier molecular flexibility index (Phi) is 4.89. The highest BCUT2D eigenvalue weighted by Gasteiger charge is 2.75. The second-order valence-corrected chi connectivity index (χ2v) is 9.35. The third kappa shape index (κ3) is 3.18. The molecule has 5 rings (SSSR count). The summed E-state index contributed by atoms with van der Waals surface area (Å²) >= 11 is 0. The lowest BCUT2D eigenvalue weighted by molar-refractivity contribution is -0.0963. The predicted octanol–water partition coefficient (Wildman–Crippen LogP) is 4.81. The lowest BCUT2D eigenvalue weighted by Crippen LogP contribution is -2.59. The van der Waals surface area contributed by atoms with Gasteiger partial charge in [-0.25, -0.2) is 9.59 Å². The molecule has 6 unspecified atom stereocenters. The van der Waals surface area contributed by atoms with E-state index in [1.807, 2.05) is 26.0 Å². The number of benzene rings is 2. The molecule has 0 N–H and O–H groups in total. The molecule has 2 bridgehead atoms. The Morgan fingerprint density at radius 1 is 0.742 bits per heavy atom. The van der Waals surface area contributed by atoms with Crippen molar-refractivity contribution in [2.24, 2.45) is 11.8 Å². The minimum Gasteiger partial charge on any atom is -0.452 e. The van der Waals surface area contributed by atoms with Crippen LogP contribution in [0.1, 0.15) is 60.2 Å². The SMILES string of the molecule is CC12OC(C)(C3CCCCC31)C(OC(=O)c1ccccc1)C2OC(=O)c1ccccc1. The maximum atomic E-state index is 13.0. The van der Waals surface area contributed by atoms with Gasteiger partial charge in [-0.1, -0.05) is 49.2 Å². The first kappa shape index (κ1) is 20.3. The van der Waals surface area contributed by atoms with Crippen LogP contribution in [-0.4, -0.2) is 35.3 Å². The average Bonchev–Trinajstić information content (AvgIpc) is 3.17. The minimum atomic E-state index is -0.675. The van der Waals surface area contributed by atoms with Crippen molar-refractivity contribution in [3.05, 3.63) is 71.8 Å². The van der Waals surface area contributed by atoms with Crippen molar-refractivity contribution < 1.29 is 23.8 Å². The number of fused-ring (bicyclic) bond motifs is 5. The highest BCUT2D eigenvalue weighted by molar-refractivity contribution is 5.90. The van der Waals surface area contributed by atoms with E-state index >= 15 is 0 Å². The highest BCUT2D eigenvalue weighted by Crippen LogP contribution is 2.63. The van der Waals surface area contributed by atoms with E-state index in [0.29, 0.717) is 11.1 Å². The monoisotopic (exact) mass is 420 g/mol. The second-order valence-electron chi connectivity index (χ2n) is 9.35. The Hall–Kier alpha value is -2.66. The number of hydrogen-bond acceptors (Lipinski definition) is 5. The largest absolute Gasteiger partial charge is 0.452 e. The molecule has 2 saturated heterocycles. The fraction of sp³-hybridized carbons (Fsp3) is 0.462. The molecule has 162 valence electrons. The molecule has 0 spiro atoms. The van der Waals surface area contributed by atoms with E-state index in [-0.39, 0.29) is 11.8 Å². The first-order valence-electron chi connectivity index (χ1n) is 11.2. The molecule has 5 nitrogen and oxygen atoms in total. The van der Waals surface area contributed by atoms with Gasteiger partial charge in [0.25, 0.3) is 0 Å². The molecule has 0 aromatic heterocycles. The Morgan fingerprint density at radius 2 is 1.13 bits per heavy atom. The minimum absolute atomic E-state index is 0.284. The number of ether oxygens (including phenoxy) is 3. The zero-order valence-corrected chi connectivity index (χ0v) is 18.0. The van der Waals surface area contributed by atoms with Gasteiger partial charge in [0.15, 0.2) is 12.2 Å². The first-order chi connectivity index (χ1) is 14.9. The van der Waals surface area contributed by atoms with E-state index in [2.05, 4.69) is 0 Å². The van der Waals surface area contributed by atoms with Gasteiger partial charge in [0, 0.05) is 0 Å². The van der Waals surface area contributed by atoms with Gasteiger partial charge in [0.1, 0.15) is 11.2 Å². The van der Waals surface area contributed by atoms with Crippen LogP contribution in [0, 0.1) is 11.8 Å². The van der Waals surface area contributed by atoms with Crippen molar-refractivity contribution >= 4 is 11.9 Å². The van der Waals surface area contributed by atoms with E-state index in [1.165, 1.54) is 0 Å². The molecule has 2 aromatic carbocycles. The number of carbonyl (C=O) groups is 2. The van der Waals surface area contributed by atoms with E-state index in [4.69, 9.17) is 14.2 Å².